The second-order valence-electron chi connectivity index (χ2n) is 2.68. The quantitative estimate of drug-likeness (QED) is 0.638. The Bertz CT molecular complexity index is 388. The van der Waals surface area contributed by atoms with Crippen LogP contribution in [0.2, 0.25) is 0 Å². The molecule has 4 nitrogen and oxygen atoms in total. The van der Waals surface area contributed by atoms with Gasteiger partial charge in [-0.15, -0.1) is 0 Å². The number of rotatable bonds is 1. The molecule has 0 amide bonds. The lowest BCUT2D eigenvalue weighted by molar-refractivity contribution is 0.399. The summed E-state index contributed by atoms with van der Waals surface area (Å²) in [4.78, 5) is 4.14. The van der Waals surface area contributed by atoms with E-state index in [0.717, 1.165) is 17.3 Å². The smallest absolute Gasteiger partial charge is 0.161 e. The van der Waals surface area contributed by atoms with Crippen molar-refractivity contribution in [2.75, 3.05) is 0 Å². The zero-order chi connectivity index (χ0) is 8.55. The van der Waals surface area contributed by atoms with E-state index in [9.17, 15) is 0 Å². The molecule has 0 bridgehead atoms. The Morgan fingerprint density at radius 3 is 2.83 bits per heavy atom. The van der Waals surface area contributed by atoms with Gasteiger partial charge < -0.3 is 9.09 Å². The van der Waals surface area contributed by atoms with Crippen LogP contribution in [0.3, 0.4) is 0 Å². The molecule has 0 radical (unpaired) electrons. The molecule has 62 valence electrons. The maximum atomic E-state index is 4.94. The normalized spacial score (nSPS) is 10.5. The van der Waals surface area contributed by atoms with Gasteiger partial charge in [-0.05, 0) is 6.92 Å². The van der Waals surface area contributed by atoms with Crippen molar-refractivity contribution in [2.45, 2.75) is 6.92 Å². The lowest BCUT2D eigenvalue weighted by Crippen LogP contribution is -1.90. The van der Waals surface area contributed by atoms with Gasteiger partial charge in [-0.1, -0.05) is 5.16 Å². The van der Waals surface area contributed by atoms with Gasteiger partial charge in [0.1, 0.15) is 11.5 Å². The molecule has 12 heavy (non-hydrogen) atoms. The van der Waals surface area contributed by atoms with E-state index in [2.05, 4.69) is 10.1 Å². The predicted octanol–water partition coefficient (Wildman–Crippen LogP) is 1.38. The Morgan fingerprint density at radius 1 is 1.50 bits per heavy atom. The summed E-state index contributed by atoms with van der Waals surface area (Å²) < 4.78 is 6.84. The minimum Gasteiger partial charge on any atom is -0.361 e. The van der Waals surface area contributed by atoms with E-state index < -0.39 is 0 Å². The molecule has 0 N–H and O–H groups in total. The van der Waals surface area contributed by atoms with Crippen molar-refractivity contribution in [3.8, 4) is 11.5 Å². The fraction of sp³-hybridized carbons (Fsp3) is 0.250. The molecule has 0 aromatic carbocycles. The third kappa shape index (κ3) is 1.01. The maximum absolute atomic E-state index is 4.94. The summed E-state index contributed by atoms with van der Waals surface area (Å²) in [7, 11) is 1.92. The summed E-state index contributed by atoms with van der Waals surface area (Å²) in [6, 6.07) is 1.86. The number of aryl methyl sites for hydroxylation is 2. The van der Waals surface area contributed by atoms with Gasteiger partial charge in [0, 0.05) is 25.5 Å². The zero-order valence-corrected chi connectivity index (χ0v) is 6.98. The average molecular weight is 163 g/mol. The number of imidazole rings is 1. The highest BCUT2D eigenvalue weighted by Crippen LogP contribution is 2.15. The first-order chi connectivity index (χ1) is 5.77. The summed E-state index contributed by atoms with van der Waals surface area (Å²) in [5, 5.41) is 3.86. The number of hydrogen-bond acceptors (Lipinski definition) is 3. The van der Waals surface area contributed by atoms with Crippen molar-refractivity contribution in [2.24, 2.45) is 7.05 Å². The van der Waals surface area contributed by atoms with E-state index in [1.54, 1.807) is 6.20 Å². The van der Waals surface area contributed by atoms with Crippen molar-refractivity contribution >= 4 is 0 Å². The summed E-state index contributed by atoms with van der Waals surface area (Å²) in [6.45, 7) is 1.86. The first kappa shape index (κ1) is 7.09. The highest BCUT2D eigenvalue weighted by molar-refractivity contribution is 5.48. The maximum Gasteiger partial charge on any atom is 0.161 e. The molecule has 0 aliphatic carbocycles. The van der Waals surface area contributed by atoms with E-state index >= 15 is 0 Å². The second kappa shape index (κ2) is 2.48. The summed E-state index contributed by atoms with van der Waals surface area (Å²) >= 11 is 0. The number of hydrogen-bond donors (Lipinski definition) is 0. The molecular formula is C8H9N3O. The highest BCUT2D eigenvalue weighted by Gasteiger charge is 2.07. The van der Waals surface area contributed by atoms with Gasteiger partial charge in [0.2, 0.25) is 0 Å². The molecule has 0 spiro atoms. The minimum atomic E-state index is 0.778. The highest BCUT2D eigenvalue weighted by atomic mass is 16.5. The van der Waals surface area contributed by atoms with E-state index in [4.69, 9.17) is 4.52 Å². The minimum absolute atomic E-state index is 0.778. The molecule has 2 aromatic heterocycles. The van der Waals surface area contributed by atoms with Crippen molar-refractivity contribution in [1.29, 1.82) is 0 Å². The topological polar surface area (TPSA) is 43.9 Å². The van der Waals surface area contributed by atoms with Crippen LogP contribution in [0.1, 0.15) is 5.76 Å². The Labute approximate surface area is 69.8 Å². The molecule has 4 heteroatoms. The molecule has 0 atom stereocenters. The average Bonchev–Trinajstić information content (AvgIpc) is 2.58. The van der Waals surface area contributed by atoms with Gasteiger partial charge >= 0.3 is 0 Å². The van der Waals surface area contributed by atoms with Crippen LogP contribution in [0.25, 0.3) is 11.5 Å². The molecule has 0 aliphatic heterocycles. The van der Waals surface area contributed by atoms with E-state index in [0.29, 0.717) is 0 Å². The lowest BCUT2D eigenvalue weighted by atomic mass is 10.3. The molecular weight excluding hydrogens is 154 g/mol. The summed E-state index contributed by atoms with van der Waals surface area (Å²) in [6.07, 6.45) is 3.61. The van der Waals surface area contributed by atoms with Crippen LogP contribution in [-0.4, -0.2) is 14.7 Å². The zero-order valence-electron chi connectivity index (χ0n) is 6.98. The van der Waals surface area contributed by atoms with Crippen molar-refractivity contribution in [3.63, 3.8) is 0 Å². The van der Waals surface area contributed by atoms with Crippen LogP contribution in [0, 0.1) is 6.92 Å². The van der Waals surface area contributed by atoms with E-state index in [1.165, 1.54) is 0 Å². The van der Waals surface area contributed by atoms with Crippen LogP contribution in [0.15, 0.2) is 23.0 Å². The summed E-state index contributed by atoms with van der Waals surface area (Å²) in [5.74, 6) is 1.62. The van der Waals surface area contributed by atoms with E-state index in [1.807, 2.05) is 30.8 Å². The van der Waals surface area contributed by atoms with Gasteiger partial charge in [0.25, 0.3) is 0 Å². The van der Waals surface area contributed by atoms with Crippen LogP contribution in [0.4, 0.5) is 0 Å². The SMILES string of the molecule is Cc1cc(-c2nccn2C)no1. The summed E-state index contributed by atoms with van der Waals surface area (Å²) in [5.41, 5.74) is 0.778. The third-order valence-corrected chi connectivity index (χ3v) is 1.68. The van der Waals surface area contributed by atoms with E-state index in [-0.39, 0.29) is 0 Å². The number of aromatic nitrogens is 3. The number of nitrogens with zero attached hydrogens (tertiary/aromatic N) is 3. The fourth-order valence-corrected chi connectivity index (χ4v) is 1.08. The third-order valence-electron chi connectivity index (χ3n) is 1.68. The Morgan fingerprint density at radius 2 is 2.33 bits per heavy atom. The van der Waals surface area contributed by atoms with Crippen molar-refractivity contribution < 1.29 is 4.52 Å². The Hall–Kier alpha value is -1.58. The van der Waals surface area contributed by atoms with Crippen molar-refractivity contribution in [1.82, 2.24) is 14.7 Å². The monoisotopic (exact) mass is 163 g/mol. The van der Waals surface area contributed by atoms with Crippen LogP contribution < -0.4 is 0 Å². The lowest BCUT2D eigenvalue weighted by Gasteiger charge is -1.93. The molecule has 0 saturated heterocycles. The predicted molar refractivity (Wildman–Crippen MR) is 43.4 cm³/mol. The first-order valence-corrected chi connectivity index (χ1v) is 3.68. The largest absolute Gasteiger partial charge is 0.361 e. The van der Waals surface area contributed by atoms with Crippen LogP contribution in [-0.2, 0) is 7.05 Å². The molecule has 0 fully saturated rings. The Kier molecular flexibility index (Phi) is 1.46. The molecule has 2 rings (SSSR count). The molecule has 0 saturated carbocycles. The molecule has 2 aromatic rings. The fourth-order valence-electron chi connectivity index (χ4n) is 1.08. The molecule has 0 unspecified atom stereocenters. The van der Waals surface area contributed by atoms with Gasteiger partial charge in [0.05, 0.1) is 0 Å². The standard InChI is InChI=1S/C8H9N3O/c1-6-5-7(10-12-6)8-9-3-4-11(8)2/h3-5H,1-2H3. The van der Waals surface area contributed by atoms with Gasteiger partial charge in [-0.2, -0.15) is 0 Å². The first-order valence-electron chi connectivity index (χ1n) is 3.68. The van der Waals surface area contributed by atoms with Crippen molar-refractivity contribution in [3.05, 3.63) is 24.2 Å². The van der Waals surface area contributed by atoms with Gasteiger partial charge in [0.15, 0.2) is 5.82 Å². The van der Waals surface area contributed by atoms with Crippen LogP contribution >= 0.6 is 0 Å². The second-order valence-corrected chi connectivity index (χ2v) is 2.68. The molecule has 0 aliphatic rings. The Balaban J connectivity index is 2.50. The molecule has 2 heterocycles. The van der Waals surface area contributed by atoms with Gasteiger partial charge in [-0.3, -0.25) is 0 Å². The van der Waals surface area contributed by atoms with Crippen LogP contribution in [0.5, 0.6) is 0 Å². The van der Waals surface area contributed by atoms with Gasteiger partial charge in [-0.25, -0.2) is 4.98 Å².